The topological polar surface area (TPSA) is 52.9 Å². The van der Waals surface area contributed by atoms with Crippen LogP contribution in [0.25, 0.3) is 5.57 Å². The van der Waals surface area contributed by atoms with Gasteiger partial charge in [-0.05, 0) is 42.0 Å². The lowest BCUT2D eigenvalue weighted by atomic mass is 9.96. The van der Waals surface area contributed by atoms with E-state index in [1.807, 2.05) is 0 Å². The zero-order valence-corrected chi connectivity index (χ0v) is 16.8. The molecule has 0 spiro atoms. The van der Waals surface area contributed by atoms with Crippen LogP contribution in [0.4, 0.5) is 8.78 Å². The van der Waals surface area contributed by atoms with Crippen LogP contribution in [0, 0.1) is 23.0 Å². The van der Waals surface area contributed by atoms with E-state index in [0.29, 0.717) is 16.2 Å². The summed E-state index contributed by atoms with van der Waals surface area (Å²) in [6.45, 7) is 0. The van der Waals surface area contributed by atoms with Gasteiger partial charge in [-0.3, -0.25) is 4.79 Å². The van der Waals surface area contributed by atoms with Gasteiger partial charge in [0.1, 0.15) is 23.3 Å². The van der Waals surface area contributed by atoms with Gasteiger partial charge >= 0.3 is 0 Å². The van der Waals surface area contributed by atoms with Gasteiger partial charge in [0.15, 0.2) is 0 Å². The highest BCUT2D eigenvalue weighted by molar-refractivity contribution is 6.36. The number of carbonyl (C=O) groups excluding carboxylic acids is 1. The highest BCUT2D eigenvalue weighted by Gasteiger charge is 2.25. The Morgan fingerprint density at radius 2 is 1.66 bits per heavy atom. The number of hydrogen-bond donors (Lipinski definition) is 1. The predicted molar refractivity (Wildman–Crippen MR) is 109 cm³/mol. The van der Waals surface area contributed by atoms with E-state index in [1.165, 1.54) is 12.2 Å². The standard InChI is InChI=1S/C21H11Cl3F2N2O/c22-12-6-4-11(5-7-12)14(10-27)13-8-16(24)19(9-15(13)23)28-21(29)20-17(25)2-1-3-18(20)26/h1-9,19H,(H,28,29)/b14-13+. The van der Waals surface area contributed by atoms with E-state index in [0.717, 1.165) is 18.2 Å². The first-order valence-electron chi connectivity index (χ1n) is 8.21. The average molecular weight is 452 g/mol. The van der Waals surface area contributed by atoms with E-state index < -0.39 is 29.1 Å². The first-order chi connectivity index (χ1) is 13.8. The van der Waals surface area contributed by atoms with Crippen LogP contribution in [0.3, 0.4) is 0 Å². The van der Waals surface area contributed by atoms with Crippen molar-refractivity contribution in [3.05, 3.63) is 98.0 Å². The number of halogens is 5. The van der Waals surface area contributed by atoms with Crippen molar-refractivity contribution < 1.29 is 13.6 Å². The molecule has 0 saturated heterocycles. The number of nitrogens with zero attached hydrogens (tertiary/aromatic N) is 1. The molecule has 1 amide bonds. The Hall–Kier alpha value is -2.65. The smallest absolute Gasteiger partial charge is 0.258 e. The fraction of sp³-hybridized carbons (Fsp3) is 0.0476. The molecule has 146 valence electrons. The second-order valence-corrected chi connectivity index (χ2v) is 7.28. The molecule has 0 radical (unpaired) electrons. The van der Waals surface area contributed by atoms with Crippen molar-refractivity contribution in [3.8, 4) is 6.07 Å². The lowest BCUT2D eigenvalue weighted by molar-refractivity contribution is 0.0941. The maximum Gasteiger partial charge on any atom is 0.258 e. The molecule has 1 unspecified atom stereocenters. The Kier molecular flexibility index (Phi) is 6.39. The maximum atomic E-state index is 13.8. The Morgan fingerprint density at radius 3 is 2.24 bits per heavy atom. The van der Waals surface area contributed by atoms with E-state index >= 15 is 0 Å². The third-order valence-corrected chi connectivity index (χ3v) is 5.07. The molecule has 2 aromatic carbocycles. The summed E-state index contributed by atoms with van der Waals surface area (Å²) in [4.78, 5) is 12.3. The Bertz CT molecular complexity index is 1100. The number of amides is 1. The summed E-state index contributed by atoms with van der Waals surface area (Å²) in [5.41, 5.74) is 0.465. The molecule has 0 heterocycles. The SMILES string of the molecule is N#C/C(=C1/C=C(Cl)C(NC(=O)c2c(F)cccc2F)C=C1Cl)c1ccc(Cl)cc1. The van der Waals surface area contributed by atoms with E-state index in [4.69, 9.17) is 34.8 Å². The lowest BCUT2D eigenvalue weighted by Crippen LogP contribution is -2.36. The minimum atomic E-state index is -0.997. The van der Waals surface area contributed by atoms with Gasteiger partial charge in [0, 0.05) is 20.7 Å². The van der Waals surface area contributed by atoms with Crippen LogP contribution in [-0.2, 0) is 0 Å². The largest absolute Gasteiger partial charge is 0.341 e. The van der Waals surface area contributed by atoms with E-state index in [1.54, 1.807) is 24.3 Å². The summed E-state index contributed by atoms with van der Waals surface area (Å²) in [6.07, 6.45) is 2.82. The van der Waals surface area contributed by atoms with Crippen molar-refractivity contribution in [1.82, 2.24) is 5.32 Å². The molecule has 8 heteroatoms. The van der Waals surface area contributed by atoms with Crippen molar-refractivity contribution >= 4 is 46.3 Å². The minimum absolute atomic E-state index is 0.121. The third kappa shape index (κ3) is 4.51. The number of allylic oxidation sites excluding steroid dienone is 4. The Labute approximate surface area is 180 Å². The van der Waals surface area contributed by atoms with Crippen LogP contribution >= 0.6 is 34.8 Å². The molecule has 1 atom stereocenters. The summed E-state index contributed by atoms with van der Waals surface area (Å²) in [7, 11) is 0. The number of nitrogens with one attached hydrogen (secondary N) is 1. The molecule has 0 fully saturated rings. The van der Waals surface area contributed by atoms with Gasteiger partial charge in [-0.1, -0.05) is 53.0 Å². The lowest BCUT2D eigenvalue weighted by Gasteiger charge is -2.21. The van der Waals surface area contributed by atoms with E-state index in [2.05, 4.69) is 11.4 Å². The molecule has 1 aliphatic carbocycles. The molecular formula is C21H11Cl3F2N2O. The zero-order chi connectivity index (χ0) is 21.1. The van der Waals surface area contributed by atoms with Crippen molar-refractivity contribution in [2.45, 2.75) is 6.04 Å². The second-order valence-electron chi connectivity index (χ2n) is 6.00. The molecule has 1 N–H and O–H groups in total. The van der Waals surface area contributed by atoms with E-state index in [-0.39, 0.29) is 15.6 Å². The minimum Gasteiger partial charge on any atom is -0.341 e. The third-order valence-electron chi connectivity index (χ3n) is 4.14. The molecule has 0 bridgehead atoms. The van der Waals surface area contributed by atoms with Crippen LogP contribution < -0.4 is 5.32 Å². The normalized spacial score (nSPS) is 17.7. The second kappa shape index (κ2) is 8.79. The van der Waals surface area contributed by atoms with Crippen LogP contribution in [0.2, 0.25) is 5.02 Å². The Balaban J connectivity index is 1.93. The summed E-state index contributed by atoms with van der Waals surface area (Å²) < 4.78 is 27.6. The van der Waals surface area contributed by atoms with Crippen molar-refractivity contribution in [2.75, 3.05) is 0 Å². The van der Waals surface area contributed by atoms with Crippen molar-refractivity contribution in [1.29, 1.82) is 5.26 Å². The average Bonchev–Trinajstić information content (AvgIpc) is 2.67. The monoisotopic (exact) mass is 450 g/mol. The van der Waals surface area contributed by atoms with Crippen molar-refractivity contribution in [2.24, 2.45) is 0 Å². The zero-order valence-electron chi connectivity index (χ0n) is 14.5. The molecule has 2 aromatic rings. The molecular weight excluding hydrogens is 441 g/mol. The highest BCUT2D eigenvalue weighted by Crippen LogP contribution is 2.34. The molecule has 0 aromatic heterocycles. The van der Waals surface area contributed by atoms with Gasteiger partial charge in [0.2, 0.25) is 0 Å². The number of carbonyl (C=O) groups is 1. The molecule has 3 rings (SSSR count). The number of nitriles is 1. The van der Waals surface area contributed by atoms with Gasteiger partial charge in [-0.15, -0.1) is 0 Å². The molecule has 3 nitrogen and oxygen atoms in total. The molecule has 0 saturated carbocycles. The van der Waals surface area contributed by atoms with Gasteiger partial charge in [-0.2, -0.15) is 5.26 Å². The predicted octanol–water partition coefficient (Wildman–Crippen LogP) is 5.95. The van der Waals surface area contributed by atoms with Crippen molar-refractivity contribution in [3.63, 3.8) is 0 Å². The van der Waals surface area contributed by atoms with Gasteiger partial charge in [0.25, 0.3) is 5.91 Å². The first kappa shape index (κ1) is 21.1. The number of hydrogen-bond acceptors (Lipinski definition) is 2. The molecule has 1 aliphatic rings. The van der Waals surface area contributed by atoms with Crippen LogP contribution in [0.15, 0.2) is 70.3 Å². The highest BCUT2D eigenvalue weighted by atomic mass is 35.5. The van der Waals surface area contributed by atoms with Gasteiger partial charge in [-0.25, -0.2) is 8.78 Å². The van der Waals surface area contributed by atoms with Crippen LogP contribution in [0.5, 0.6) is 0 Å². The van der Waals surface area contributed by atoms with Crippen LogP contribution in [0.1, 0.15) is 15.9 Å². The summed E-state index contributed by atoms with van der Waals surface area (Å²) >= 11 is 18.4. The van der Waals surface area contributed by atoms with Gasteiger partial charge < -0.3 is 5.32 Å². The summed E-state index contributed by atoms with van der Waals surface area (Å²) in [5.74, 6) is -2.98. The van der Waals surface area contributed by atoms with Crippen LogP contribution in [-0.4, -0.2) is 11.9 Å². The maximum absolute atomic E-state index is 13.8. The fourth-order valence-corrected chi connectivity index (χ4v) is 3.37. The Morgan fingerprint density at radius 1 is 1.03 bits per heavy atom. The number of rotatable bonds is 3. The number of benzene rings is 2. The molecule has 0 aliphatic heterocycles. The fourth-order valence-electron chi connectivity index (χ4n) is 2.74. The summed E-state index contributed by atoms with van der Waals surface area (Å²) in [5, 5.41) is 12.8. The molecule has 29 heavy (non-hydrogen) atoms. The van der Waals surface area contributed by atoms with Gasteiger partial charge in [0.05, 0.1) is 11.6 Å². The van der Waals surface area contributed by atoms with E-state index in [9.17, 15) is 18.8 Å². The quantitative estimate of drug-likeness (QED) is 0.586. The first-order valence-corrected chi connectivity index (χ1v) is 9.35. The summed E-state index contributed by atoms with van der Waals surface area (Å²) in [6, 6.07) is 10.9.